The fraction of sp³-hybridized carbons (Fsp3) is 0.391. The maximum atomic E-state index is 13.0. The molecule has 0 bridgehead atoms. The molecule has 0 fully saturated rings. The summed E-state index contributed by atoms with van der Waals surface area (Å²) in [4.78, 5) is 27.0. The Morgan fingerprint density at radius 2 is 1.72 bits per heavy atom. The number of hydrogen-bond donors (Lipinski definition) is 1. The lowest BCUT2D eigenvalue weighted by Crippen LogP contribution is -2.50. The van der Waals surface area contributed by atoms with E-state index in [-0.39, 0.29) is 31.0 Å². The number of carbonyl (C=O) groups is 2. The van der Waals surface area contributed by atoms with Crippen molar-refractivity contribution < 1.29 is 14.3 Å². The van der Waals surface area contributed by atoms with E-state index in [1.807, 2.05) is 56.3 Å². The minimum atomic E-state index is -0.660. The van der Waals surface area contributed by atoms with Crippen molar-refractivity contribution in [3.63, 3.8) is 0 Å². The van der Waals surface area contributed by atoms with Gasteiger partial charge in [0, 0.05) is 17.6 Å². The number of halogens is 1. The van der Waals surface area contributed by atoms with Crippen molar-refractivity contribution in [3.05, 3.63) is 64.7 Å². The van der Waals surface area contributed by atoms with E-state index in [1.165, 1.54) is 10.5 Å². The van der Waals surface area contributed by atoms with Crippen LogP contribution in [-0.2, 0) is 22.6 Å². The van der Waals surface area contributed by atoms with Crippen LogP contribution in [0.4, 0.5) is 0 Å². The van der Waals surface area contributed by atoms with Crippen LogP contribution < -0.4 is 10.1 Å². The molecule has 0 radical (unpaired) electrons. The van der Waals surface area contributed by atoms with Gasteiger partial charge in [0.05, 0.1) is 0 Å². The standard InChI is InChI=1S/C23H29ClN2O3/c1-5-18-10-12-20(13-11-18)29-15-22(27)26(17(4)23(28)25-16(2)3)14-19-8-6-7-9-21(19)24/h6-13,16-17H,5,14-15H2,1-4H3,(H,25,28)/t17-/m1/s1. The van der Waals surface area contributed by atoms with Crippen LogP contribution in [-0.4, -0.2) is 35.4 Å². The fourth-order valence-corrected chi connectivity index (χ4v) is 3.04. The highest BCUT2D eigenvalue weighted by Gasteiger charge is 2.27. The molecular formula is C23H29ClN2O3. The molecule has 0 aliphatic rings. The average Bonchev–Trinajstić information content (AvgIpc) is 2.70. The molecule has 6 heteroatoms. The molecule has 2 aromatic carbocycles. The third kappa shape index (κ3) is 6.79. The third-order valence-corrected chi connectivity index (χ3v) is 4.96. The molecule has 156 valence electrons. The van der Waals surface area contributed by atoms with Crippen LogP contribution in [0.2, 0.25) is 5.02 Å². The van der Waals surface area contributed by atoms with Gasteiger partial charge in [0.15, 0.2) is 6.61 Å². The summed E-state index contributed by atoms with van der Waals surface area (Å²) in [6.45, 7) is 7.62. The molecule has 5 nitrogen and oxygen atoms in total. The van der Waals surface area contributed by atoms with Crippen LogP contribution in [0.1, 0.15) is 38.8 Å². The molecular weight excluding hydrogens is 388 g/mol. The average molecular weight is 417 g/mol. The second-order valence-electron chi connectivity index (χ2n) is 7.24. The van der Waals surface area contributed by atoms with Crippen molar-refractivity contribution in [2.24, 2.45) is 0 Å². The summed E-state index contributed by atoms with van der Waals surface area (Å²) >= 11 is 6.27. The Labute approximate surface area is 178 Å². The number of hydrogen-bond acceptors (Lipinski definition) is 3. The number of aryl methyl sites for hydroxylation is 1. The number of nitrogens with one attached hydrogen (secondary N) is 1. The van der Waals surface area contributed by atoms with Crippen LogP contribution in [0.15, 0.2) is 48.5 Å². The van der Waals surface area contributed by atoms with Crippen LogP contribution in [0, 0.1) is 0 Å². The van der Waals surface area contributed by atoms with Crippen molar-refractivity contribution in [1.82, 2.24) is 10.2 Å². The van der Waals surface area contributed by atoms with E-state index in [0.717, 1.165) is 12.0 Å². The molecule has 2 amide bonds. The fourth-order valence-electron chi connectivity index (χ4n) is 2.85. The molecule has 0 unspecified atom stereocenters. The van der Waals surface area contributed by atoms with Gasteiger partial charge in [-0.1, -0.05) is 48.9 Å². The molecule has 0 aliphatic heterocycles. The lowest BCUT2D eigenvalue weighted by atomic mass is 10.1. The summed E-state index contributed by atoms with van der Waals surface area (Å²) in [5.74, 6) is 0.121. The summed E-state index contributed by atoms with van der Waals surface area (Å²) in [6, 6.07) is 14.3. The highest BCUT2D eigenvalue weighted by Crippen LogP contribution is 2.19. The van der Waals surface area contributed by atoms with Crippen molar-refractivity contribution in [1.29, 1.82) is 0 Å². The summed E-state index contributed by atoms with van der Waals surface area (Å²) in [5, 5.41) is 3.41. The smallest absolute Gasteiger partial charge is 0.261 e. The highest BCUT2D eigenvalue weighted by molar-refractivity contribution is 6.31. The van der Waals surface area contributed by atoms with Crippen LogP contribution in [0.3, 0.4) is 0 Å². The van der Waals surface area contributed by atoms with Crippen LogP contribution in [0.5, 0.6) is 5.75 Å². The van der Waals surface area contributed by atoms with Gasteiger partial charge in [0.2, 0.25) is 5.91 Å². The summed E-state index contributed by atoms with van der Waals surface area (Å²) in [5.41, 5.74) is 1.97. The first-order valence-electron chi connectivity index (χ1n) is 9.86. The molecule has 0 heterocycles. The molecule has 2 aromatic rings. The van der Waals surface area contributed by atoms with Crippen LogP contribution >= 0.6 is 11.6 Å². The van der Waals surface area contributed by atoms with Crippen LogP contribution in [0.25, 0.3) is 0 Å². The molecule has 2 rings (SSSR count). The molecule has 0 aliphatic carbocycles. The van der Waals surface area contributed by atoms with Gasteiger partial charge < -0.3 is 15.0 Å². The number of amides is 2. The number of rotatable bonds is 9. The van der Waals surface area contributed by atoms with Gasteiger partial charge in [0.1, 0.15) is 11.8 Å². The summed E-state index contributed by atoms with van der Waals surface area (Å²) in [7, 11) is 0. The Morgan fingerprint density at radius 3 is 2.31 bits per heavy atom. The van der Waals surface area contributed by atoms with Gasteiger partial charge in [-0.15, -0.1) is 0 Å². The minimum Gasteiger partial charge on any atom is -0.484 e. The molecule has 0 spiro atoms. The van der Waals surface area contributed by atoms with E-state index in [9.17, 15) is 9.59 Å². The maximum Gasteiger partial charge on any atom is 0.261 e. The Balaban J connectivity index is 2.14. The summed E-state index contributed by atoms with van der Waals surface area (Å²) in [6.07, 6.45) is 0.938. The lowest BCUT2D eigenvalue weighted by molar-refractivity contribution is -0.142. The molecule has 29 heavy (non-hydrogen) atoms. The van der Waals surface area contributed by atoms with E-state index in [0.29, 0.717) is 10.8 Å². The normalized spacial score (nSPS) is 11.8. The van der Waals surface area contributed by atoms with E-state index in [4.69, 9.17) is 16.3 Å². The topological polar surface area (TPSA) is 58.6 Å². The number of nitrogens with zero attached hydrogens (tertiary/aromatic N) is 1. The zero-order chi connectivity index (χ0) is 21.4. The highest BCUT2D eigenvalue weighted by atomic mass is 35.5. The molecule has 0 aromatic heterocycles. The largest absolute Gasteiger partial charge is 0.484 e. The molecule has 1 N–H and O–H groups in total. The predicted octanol–water partition coefficient (Wildman–Crippen LogP) is 4.22. The van der Waals surface area contributed by atoms with E-state index < -0.39 is 6.04 Å². The lowest BCUT2D eigenvalue weighted by Gasteiger charge is -2.29. The first-order valence-corrected chi connectivity index (χ1v) is 10.2. The van der Waals surface area contributed by atoms with Gasteiger partial charge in [-0.3, -0.25) is 9.59 Å². The second-order valence-corrected chi connectivity index (χ2v) is 7.65. The van der Waals surface area contributed by atoms with Crippen molar-refractivity contribution in [2.75, 3.05) is 6.61 Å². The van der Waals surface area contributed by atoms with Crippen molar-refractivity contribution in [2.45, 2.75) is 52.7 Å². The van der Waals surface area contributed by atoms with E-state index in [1.54, 1.807) is 13.0 Å². The third-order valence-electron chi connectivity index (χ3n) is 4.59. The Hall–Kier alpha value is -2.53. The first-order chi connectivity index (χ1) is 13.8. The molecule has 0 saturated heterocycles. The second kappa shape index (κ2) is 10.9. The Bertz CT molecular complexity index is 821. The zero-order valence-electron chi connectivity index (χ0n) is 17.4. The number of ether oxygens (including phenoxy) is 1. The predicted molar refractivity (Wildman–Crippen MR) is 116 cm³/mol. The van der Waals surface area contributed by atoms with E-state index >= 15 is 0 Å². The van der Waals surface area contributed by atoms with Gasteiger partial charge in [0.25, 0.3) is 5.91 Å². The molecule has 0 saturated carbocycles. The van der Waals surface area contributed by atoms with Gasteiger partial charge in [-0.2, -0.15) is 0 Å². The Morgan fingerprint density at radius 1 is 1.07 bits per heavy atom. The van der Waals surface area contributed by atoms with Gasteiger partial charge in [-0.05, 0) is 56.5 Å². The van der Waals surface area contributed by atoms with Crippen molar-refractivity contribution >= 4 is 23.4 Å². The monoisotopic (exact) mass is 416 g/mol. The number of benzene rings is 2. The zero-order valence-corrected chi connectivity index (χ0v) is 18.2. The first kappa shape index (κ1) is 22.8. The summed E-state index contributed by atoms with van der Waals surface area (Å²) < 4.78 is 5.67. The molecule has 1 atom stereocenters. The van der Waals surface area contributed by atoms with Gasteiger partial charge in [-0.25, -0.2) is 0 Å². The van der Waals surface area contributed by atoms with E-state index in [2.05, 4.69) is 12.2 Å². The number of carbonyl (C=O) groups excluding carboxylic acids is 2. The SMILES string of the molecule is CCc1ccc(OCC(=O)N(Cc2ccccc2Cl)[C@H](C)C(=O)NC(C)C)cc1. The van der Waals surface area contributed by atoms with Gasteiger partial charge >= 0.3 is 0 Å². The quantitative estimate of drug-likeness (QED) is 0.665. The van der Waals surface area contributed by atoms with Crippen molar-refractivity contribution in [3.8, 4) is 5.75 Å². The minimum absolute atomic E-state index is 0.0180. The Kier molecular flexibility index (Phi) is 8.52. The maximum absolute atomic E-state index is 13.0.